The Bertz CT molecular complexity index is 369. The number of hydrogen-bond donors (Lipinski definition) is 0. The van der Waals surface area contributed by atoms with Crippen LogP contribution in [-0.2, 0) is 0 Å². The van der Waals surface area contributed by atoms with E-state index in [4.69, 9.17) is 21.1 Å². The molecule has 1 aromatic rings. The number of ether oxygens (including phenoxy) is 2. The van der Waals surface area contributed by atoms with Crippen molar-refractivity contribution in [1.82, 2.24) is 4.90 Å². The molecule has 1 aliphatic heterocycles. The lowest BCUT2D eigenvalue weighted by atomic mass is 10.0. The average Bonchev–Trinajstić information content (AvgIpc) is 2.48. The number of hydrogen-bond acceptors (Lipinski definition) is 3. The normalized spacial score (nSPS) is 20.2. The molecule has 0 N–H and O–H groups in total. The number of piperidine rings is 1. The smallest absolute Gasteiger partial charge is 0.119 e. The van der Waals surface area contributed by atoms with Crippen LogP contribution in [0.25, 0.3) is 0 Å². The van der Waals surface area contributed by atoms with E-state index in [9.17, 15) is 0 Å². The second-order valence-corrected chi connectivity index (χ2v) is 5.17. The van der Waals surface area contributed by atoms with Crippen LogP contribution < -0.4 is 9.47 Å². The van der Waals surface area contributed by atoms with Crippen LogP contribution in [0.2, 0.25) is 0 Å². The predicted octanol–water partition coefficient (Wildman–Crippen LogP) is 3.17. The number of rotatable bonds is 6. The second-order valence-electron chi connectivity index (χ2n) is 4.86. The van der Waals surface area contributed by atoms with Crippen molar-refractivity contribution in [2.75, 3.05) is 32.7 Å². The first-order valence-electron chi connectivity index (χ1n) is 6.90. The molecule has 1 aromatic carbocycles. The molecular weight excluding hydrogens is 262 g/mol. The van der Waals surface area contributed by atoms with Gasteiger partial charge in [-0.25, -0.2) is 0 Å². The summed E-state index contributed by atoms with van der Waals surface area (Å²) in [6.45, 7) is 2.80. The average molecular weight is 284 g/mol. The fourth-order valence-electron chi connectivity index (χ4n) is 2.48. The largest absolute Gasteiger partial charge is 0.497 e. The monoisotopic (exact) mass is 283 g/mol. The van der Waals surface area contributed by atoms with Gasteiger partial charge in [0.05, 0.1) is 7.11 Å². The molecule has 0 aliphatic carbocycles. The van der Waals surface area contributed by atoms with Gasteiger partial charge < -0.3 is 9.47 Å². The van der Waals surface area contributed by atoms with E-state index in [1.165, 1.54) is 19.3 Å². The number of nitrogens with zero attached hydrogens (tertiary/aromatic N) is 1. The maximum atomic E-state index is 6.01. The highest BCUT2D eigenvalue weighted by molar-refractivity contribution is 6.18. The lowest BCUT2D eigenvalue weighted by Crippen LogP contribution is -2.42. The van der Waals surface area contributed by atoms with E-state index in [-0.39, 0.29) is 0 Å². The maximum Gasteiger partial charge on any atom is 0.119 e. The van der Waals surface area contributed by atoms with Gasteiger partial charge in [-0.15, -0.1) is 11.6 Å². The molecule has 3 nitrogen and oxygen atoms in total. The molecule has 4 heteroatoms. The third kappa shape index (κ3) is 4.29. The zero-order chi connectivity index (χ0) is 13.5. The molecule has 0 radical (unpaired) electrons. The molecule has 1 unspecified atom stereocenters. The third-order valence-corrected chi connectivity index (χ3v) is 3.99. The van der Waals surface area contributed by atoms with E-state index in [1.807, 2.05) is 24.3 Å². The fourth-order valence-corrected chi connectivity index (χ4v) is 2.83. The van der Waals surface area contributed by atoms with Crippen molar-refractivity contribution >= 4 is 11.6 Å². The fraction of sp³-hybridized carbons (Fsp3) is 0.600. The Morgan fingerprint density at radius 1 is 1.21 bits per heavy atom. The van der Waals surface area contributed by atoms with Gasteiger partial charge in [0, 0.05) is 18.5 Å². The van der Waals surface area contributed by atoms with Crippen molar-refractivity contribution in [3.05, 3.63) is 24.3 Å². The van der Waals surface area contributed by atoms with Crippen LogP contribution in [0.1, 0.15) is 19.3 Å². The summed E-state index contributed by atoms with van der Waals surface area (Å²) in [4.78, 5) is 2.44. The minimum atomic E-state index is 0.523. The van der Waals surface area contributed by atoms with Crippen LogP contribution in [0.3, 0.4) is 0 Å². The molecule has 0 saturated carbocycles. The van der Waals surface area contributed by atoms with E-state index >= 15 is 0 Å². The van der Waals surface area contributed by atoms with Gasteiger partial charge in [0.25, 0.3) is 0 Å². The van der Waals surface area contributed by atoms with Crippen LogP contribution in [0.15, 0.2) is 24.3 Å². The highest BCUT2D eigenvalue weighted by Crippen LogP contribution is 2.19. The standard InChI is InChI=1S/C15H22ClNO2/c1-18-14-5-7-15(8-6-14)19-11-10-17-9-3-2-4-13(17)12-16/h5-8,13H,2-4,9-12H2,1H3. The Labute approximate surface area is 120 Å². The lowest BCUT2D eigenvalue weighted by molar-refractivity contribution is 0.135. The van der Waals surface area contributed by atoms with Crippen molar-refractivity contribution in [3.63, 3.8) is 0 Å². The van der Waals surface area contributed by atoms with E-state index in [0.717, 1.165) is 30.5 Å². The summed E-state index contributed by atoms with van der Waals surface area (Å²) in [5, 5.41) is 0. The van der Waals surface area contributed by atoms with Crippen LogP contribution in [-0.4, -0.2) is 43.6 Å². The molecule has 0 spiro atoms. The van der Waals surface area contributed by atoms with Crippen molar-refractivity contribution in [1.29, 1.82) is 0 Å². The first-order valence-corrected chi connectivity index (χ1v) is 7.44. The van der Waals surface area contributed by atoms with Crippen molar-refractivity contribution < 1.29 is 9.47 Å². The SMILES string of the molecule is COc1ccc(OCCN2CCCCC2CCl)cc1. The summed E-state index contributed by atoms with van der Waals surface area (Å²) in [6.07, 6.45) is 3.79. The molecule has 0 amide bonds. The molecule has 1 fully saturated rings. The van der Waals surface area contributed by atoms with Gasteiger partial charge in [-0.05, 0) is 43.7 Å². The first kappa shape index (κ1) is 14.5. The molecule has 2 rings (SSSR count). The Morgan fingerprint density at radius 3 is 2.63 bits per heavy atom. The molecule has 1 saturated heterocycles. The zero-order valence-electron chi connectivity index (χ0n) is 11.5. The van der Waals surface area contributed by atoms with Crippen LogP contribution in [0.5, 0.6) is 11.5 Å². The summed E-state index contributed by atoms with van der Waals surface area (Å²) in [5.41, 5.74) is 0. The van der Waals surface area contributed by atoms with E-state index < -0.39 is 0 Å². The number of alkyl halides is 1. The molecule has 1 atom stereocenters. The molecule has 0 bridgehead atoms. The van der Waals surface area contributed by atoms with Gasteiger partial charge in [0.2, 0.25) is 0 Å². The minimum Gasteiger partial charge on any atom is -0.497 e. The summed E-state index contributed by atoms with van der Waals surface area (Å²) in [7, 11) is 1.67. The van der Waals surface area contributed by atoms with Crippen LogP contribution >= 0.6 is 11.6 Å². The maximum absolute atomic E-state index is 6.01. The summed E-state index contributed by atoms with van der Waals surface area (Å²) in [6, 6.07) is 8.23. The van der Waals surface area contributed by atoms with Gasteiger partial charge >= 0.3 is 0 Å². The number of methoxy groups -OCH3 is 1. The summed E-state index contributed by atoms with van der Waals surface area (Å²) in [5.74, 6) is 2.47. The molecule has 0 aromatic heterocycles. The van der Waals surface area contributed by atoms with Crippen molar-refractivity contribution in [3.8, 4) is 11.5 Å². The van der Waals surface area contributed by atoms with E-state index in [1.54, 1.807) is 7.11 Å². The van der Waals surface area contributed by atoms with Gasteiger partial charge in [0.15, 0.2) is 0 Å². The molecule has 19 heavy (non-hydrogen) atoms. The van der Waals surface area contributed by atoms with Gasteiger partial charge in [-0.1, -0.05) is 6.42 Å². The molecule has 1 aliphatic rings. The highest BCUT2D eigenvalue weighted by Gasteiger charge is 2.20. The lowest BCUT2D eigenvalue weighted by Gasteiger charge is -2.34. The zero-order valence-corrected chi connectivity index (χ0v) is 12.2. The van der Waals surface area contributed by atoms with E-state index in [0.29, 0.717) is 12.6 Å². The van der Waals surface area contributed by atoms with Gasteiger partial charge in [0.1, 0.15) is 18.1 Å². The quantitative estimate of drug-likeness (QED) is 0.749. The van der Waals surface area contributed by atoms with Crippen LogP contribution in [0, 0.1) is 0 Å². The summed E-state index contributed by atoms with van der Waals surface area (Å²) < 4.78 is 10.9. The van der Waals surface area contributed by atoms with Crippen molar-refractivity contribution in [2.45, 2.75) is 25.3 Å². The Hall–Kier alpha value is -0.930. The Kier molecular flexibility index (Phi) is 5.80. The van der Waals surface area contributed by atoms with Gasteiger partial charge in [-0.3, -0.25) is 4.90 Å². The highest BCUT2D eigenvalue weighted by atomic mass is 35.5. The van der Waals surface area contributed by atoms with Gasteiger partial charge in [-0.2, -0.15) is 0 Å². The molecule has 106 valence electrons. The molecule has 1 heterocycles. The predicted molar refractivity (Wildman–Crippen MR) is 78.4 cm³/mol. The Morgan fingerprint density at radius 2 is 1.95 bits per heavy atom. The van der Waals surface area contributed by atoms with E-state index in [2.05, 4.69) is 4.90 Å². The first-order chi connectivity index (χ1) is 9.33. The minimum absolute atomic E-state index is 0.523. The second kappa shape index (κ2) is 7.61. The van der Waals surface area contributed by atoms with Crippen molar-refractivity contribution in [2.24, 2.45) is 0 Å². The molecular formula is C15H22ClNO2. The number of likely N-dealkylation sites (tertiary alicyclic amines) is 1. The topological polar surface area (TPSA) is 21.7 Å². The Balaban J connectivity index is 1.75. The van der Waals surface area contributed by atoms with Crippen LogP contribution in [0.4, 0.5) is 0 Å². The number of halogens is 1. The third-order valence-electron chi connectivity index (χ3n) is 3.63. The summed E-state index contributed by atoms with van der Waals surface area (Å²) >= 11 is 6.01. The number of benzene rings is 1.